The molecule has 3 N–H and O–H groups in total. The van der Waals surface area contributed by atoms with Gasteiger partial charge in [-0.15, -0.1) is 0 Å². The minimum atomic E-state index is -1.46. The highest BCUT2D eigenvalue weighted by molar-refractivity contribution is 5.95. The van der Waals surface area contributed by atoms with Gasteiger partial charge in [0.2, 0.25) is 0 Å². The Bertz CT molecular complexity index is 555. The highest BCUT2D eigenvalue weighted by Gasteiger charge is 2.21. The molecule has 0 aromatic heterocycles. The fourth-order valence-electron chi connectivity index (χ4n) is 2.44. The summed E-state index contributed by atoms with van der Waals surface area (Å²) in [5.74, 6) is -1.68. The van der Waals surface area contributed by atoms with Gasteiger partial charge in [0.25, 0.3) is 5.91 Å². The molecule has 1 atom stereocenters. The molecule has 124 valence electrons. The molecule has 0 saturated heterocycles. The van der Waals surface area contributed by atoms with E-state index in [2.05, 4.69) is 10.6 Å². The van der Waals surface area contributed by atoms with E-state index < -0.39 is 30.6 Å². The van der Waals surface area contributed by atoms with Crippen molar-refractivity contribution >= 4 is 17.9 Å². The van der Waals surface area contributed by atoms with Crippen molar-refractivity contribution in [3.8, 4) is 0 Å². The van der Waals surface area contributed by atoms with Crippen LogP contribution in [-0.2, 0) is 14.3 Å². The fourth-order valence-corrected chi connectivity index (χ4v) is 2.44. The maximum Gasteiger partial charge on any atom is 0.340 e. The Labute approximate surface area is 134 Å². The van der Waals surface area contributed by atoms with Gasteiger partial charge in [0, 0.05) is 6.04 Å². The van der Waals surface area contributed by atoms with Gasteiger partial charge in [-0.1, -0.05) is 43.2 Å². The number of amides is 3. The standard InChI is InChI=1S/C16H20N2O5/c19-13(18-16(22)17-12-8-4-5-9-12)10-23-15(21)14(20)11-6-2-1-3-7-11/h1-3,6-7,12,14,20H,4-5,8-10H2,(H2,17,18,19,22)/t14-/m0/s1. The predicted octanol–water partition coefficient (Wildman–Crippen LogP) is 1.03. The van der Waals surface area contributed by atoms with Crippen molar-refractivity contribution in [2.45, 2.75) is 37.8 Å². The van der Waals surface area contributed by atoms with Crippen LogP contribution in [-0.4, -0.2) is 35.7 Å². The molecule has 7 nitrogen and oxygen atoms in total. The van der Waals surface area contributed by atoms with E-state index >= 15 is 0 Å². The van der Waals surface area contributed by atoms with Gasteiger partial charge in [0.15, 0.2) is 12.7 Å². The lowest BCUT2D eigenvalue weighted by molar-refractivity contribution is -0.157. The number of esters is 1. The zero-order valence-corrected chi connectivity index (χ0v) is 12.7. The number of rotatable bonds is 5. The molecule has 1 aromatic rings. The Balaban J connectivity index is 1.71. The van der Waals surface area contributed by atoms with Gasteiger partial charge in [0.05, 0.1) is 0 Å². The van der Waals surface area contributed by atoms with Crippen molar-refractivity contribution in [2.75, 3.05) is 6.61 Å². The molecule has 2 rings (SSSR count). The largest absolute Gasteiger partial charge is 0.453 e. The molecule has 1 fully saturated rings. The van der Waals surface area contributed by atoms with E-state index in [-0.39, 0.29) is 6.04 Å². The number of benzene rings is 1. The summed E-state index contributed by atoms with van der Waals surface area (Å²) in [6.45, 7) is -0.624. The Morgan fingerprint density at radius 2 is 1.83 bits per heavy atom. The maximum atomic E-state index is 11.7. The van der Waals surface area contributed by atoms with Crippen molar-refractivity contribution in [3.05, 3.63) is 35.9 Å². The second-order valence-corrected chi connectivity index (χ2v) is 5.42. The van der Waals surface area contributed by atoms with Crippen molar-refractivity contribution in [1.82, 2.24) is 10.6 Å². The molecule has 0 spiro atoms. The Morgan fingerprint density at radius 1 is 1.17 bits per heavy atom. The third-order valence-corrected chi connectivity index (χ3v) is 3.63. The van der Waals surface area contributed by atoms with Crippen molar-refractivity contribution < 1.29 is 24.2 Å². The Hall–Kier alpha value is -2.41. The van der Waals surface area contributed by atoms with E-state index in [4.69, 9.17) is 4.74 Å². The molecule has 1 aliphatic rings. The summed E-state index contributed by atoms with van der Waals surface area (Å²) in [6, 6.07) is 7.73. The lowest BCUT2D eigenvalue weighted by Crippen LogP contribution is -2.45. The van der Waals surface area contributed by atoms with Gasteiger partial charge in [0.1, 0.15) is 0 Å². The van der Waals surface area contributed by atoms with Crippen LogP contribution < -0.4 is 10.6 Å². The quantitative estimate of drug-likeness (QED) is 0.703. The number of hydrogen-bond acceptors (Lipinski definition) is 5. The summed E-state index contributed by atoms with van der Waals surface area (Å²) < 4.78 is 4.71. The molecule has 0 radical (unpaired) electrons. The summed E-state index contributed by atoms with van der Waals surface area (Å²) in [5.41, 5.74) is 0.372. The molecule has 0 heterocycles. The molecular formula is C16H20N2O5. The number of ether oxygens (including phenoxy) is 1. The molecule has 0 bridgehead atoms. The van der Waals surface area contributed by atoms with Crippen LogP contribution in [0.1, 0.15) is 37.4 Å². The van der Waals surface area contributed by atoms with Gasteiger partial charge in [-0.2, -0.15) is 0 Å². The number of carbonyl (C=O) groups is 3. The van der Waals surface area contributed by atoms with E-state index in [0.29, 0.717) is 5.56 Å². The number of aliphatic hydroxyl groups excluding tert-OH is 1. The number of nitrogens with one attached hydrogen (secondary N) is 2. The average molecular weight is 320 g/mol. The zero-order chi connectivity index (χ0) is 16.7. The first-order valence-corrected chi connectivity index (χ1v) is 7.56. The van der Waals surface area contributed by atoms with Gasteiger partial charge < -0.3 is 15.2 Å². The predicted molar refractivity (Wildman–Crippen MR) is 81.3 cm³/mol. The molecule has 1 saturated carbocycles. The Morgan fingerprint density at radius 3 is 2.48 bits per heavy atom. The second-order valence-electron chi connectivity index (χ2n) is 5.42. The monoisotopic (exact) mass is 320 g/mol. The van der Waals surface area contributed by atoms with E-state index in [1.54, 1.807) is 30.3 Å². The molecule has 7 heteroatoms. The van der Waals surface area contributed by atoms with Gasteiger partial charge in [-0.05, 0) is 18.4 Å². The van der Waals surface area contributed by atoms with E-state index in [1.165, 1.54) is 0 Å². The van der Waals surface area contributed by atoms with Crippen LogP contribution in [0.5, 0.6) is 0 Å². The van der Waals surface area contributed by atoms with Crippen molar-refractivity contribution in [1.29, 1.82) is 0 Å². The third kappa shape index (κ3) is 5.37. The molecule has 1 aliphatic carbocycles. The van der Waals surface area contributed by atoms with Crippen LogP contribution in [0.2, 0.25) is 0 Å². The van der Waals surface area contributed by atoms with Crippen LogP contribution in [0.15, 0.2) is 30.3 Å². The number of imide groups is 1. The molecule has 0 unspecified atom stereocenters. The van der Waals surface area contributed by atoms with Crippen molar-refractivity contribution in [2.24, 2.45) is 0 Å². The normalized spacial score (nSPS) is 15.7. The minimum absolute atomic E-state index is 0.0882. The van der Waals surface area contributed by atoms with Gasteiger partial charge in [-0.3, -0.25) is 10.1 Å². The first kappa shape index (κ1) is 17.0. The number of hydrogen-bond donors (Lipinski definition) is 3. The highest BCUT2D eigenvalue weighted by atomic mass is 16.5. The van der Waals surface area contributed by atoms with Gasteiger partial charge >= 0.3 is 12.0 Å². The van der Waals surface area contributed by atoms with Crippen molar-refractivity contribution in [3.63, 3.8) is 0 Å². The van der Waals surface area contributed by atoms with Gasteiger partial charge in [-0.25, -0.2) is 9.59 Å². The number of urea groups is 1. The zero-order valence-electron chi connectivity index (χ0n) is 12.7. The average Bonchev–Trinajstić information content (AvgIpc) is 3.05. The summed E-state index contributed by atoms with van der Waals surface area (Å²) in [5, 5.41) is 14.6. The van der Waals surface area contributed by atoms with Crippen LogP contribution in [0.4, 0.5) is 4.79 Å². The smallest absolute Gasteiger partial charge is 0.340 e. The first-order chi connectivity index (χ1) is 11.1. The van der Waals surface area contributed by atoms with Crippen LogP contribution in [0.3, 0.4) is 0 Å². The summed E-state index contributed by atoms with van der Waals surface area (Å²) in [6.07, 6.45) is 2.47. The summed E-state index contributed by atoms with van der Waals surface area (Å²) >= 11 is 0. The lowest BCUT2D eigenvalue weighted by atomic mass is 10.1. The topological polar surface area (TPSA) is 105 Å². The molecular weight excluding hydrogens is 300 g/mol. The van der Waals surface area contributed by atoms with E-state index in [1.807, 2.05) is 0 Å². The number of carbonyl (C=O) groups excluding carboxylic acids is 3. The minimum Gasteiger partial charge on any atom is -0.453 e. The summed E-state index contributed by atoms with van der Waals surface area (Å²) in [4.78, 5) is 34.8. The fraction of sp³-hybridized carbons (Fsp3) is 0.438. The Kier molecular flexibility index (Phi) is 6.10. The molecule has 1 aromatic carbocycles. The maximum absolute atomic E-state index is 11.7. The molecule has 0 aliphatic heterocycles. The molecule has 23 heavy (non-hydrogen) atoms. The van der Waals surface area contributed by atoms with Crippen LogP contribution in [0, 0.1) is 0 Å². The van der Waals surface area contributed by atoms with Crippen LogP contribution in [0.25, 0.3) is 0 Å². The summed E-state index contributed by atoms with van der Waals surface area (Å²) in [7, 11) is 0. The second kappa shape index (κ2) is 8.28. The highest BCUT2D eigenvalue weighted by Crippen LogP contribution is 2.17. The molecule has 3 amide bonds. The van der Waals surface area contributed by atoms with Crippen LogP contribution >= 0.6 is 0 Å². The first-order valence-electron chi connectivity index (χ1n) is 7.56. The SMILES string of the molecule is O=C(COC(=O)[C@@H](O)c1ccccc1)NC(=O)NC1CCCC1. The lowest BCUT2D eigenvalue weighted by Gasteiger charge is -2.13. The van der Waals surface area contributed by atoms with E-state index in [0.717, 1.165) is 25.7 Å². The van der Waals surface area contributed by atoms with E-state index in [9.17, 15) is 19.5 Å². The number of aliphatic hydroxyl groups is 1. The third-order valence-electron chi connectivity index (χ3n) is 3.63.